The predicted molar refractivity (Wildman–Crippen MR) is 123 cm³/mol. The molecule has 0 aliphatic rings. The van der Waals surface area contributed by atoms with Crippen LogP contribution in [0.4, 0.5) is 11.4 Å². The van der Waals surface area contributed by atoms with E-state index in [0.29, 0.717) is 11.4 Å². The number of amides is 1. The number of anilines is 2. The third kappa shape index (κ3) is 5.86. The van der Waals surface area contributed by atoms with E-state index < -0.39 is 10.0 Å². The average Bonchev–Trinajstić information content (AvgIpc) is 2.69. The van der Waals surface area contributed by atoms with Crippen LogP contribution in [0, 0.1) is 27.7 Å². The first-order valence-corrected chi connectivity index (χ1v) is 11.3. The number of ether oxygens (including phenoxy) is 1. The summed E-state index contributed by atoms with van der Waals surface area (Å²) in [6.07, 6.45) is 0. The number of carbonyl (C=O) groups excluding carboxylic acids is 1. The van der Waals surface area contributed by atoms with Crippen molar-refractivity contribution in [3.63, 3.8) is 0 Å². The zero-order valence-electron chi connectivity index (χ0n) is 18.0. The van der Waals surface area contributed by atoms with E-state index >= 15 is 0 Å². The fourth-order valence-electron chi connectivity index (χ4n) is 3.18. The van der Waals surface area contributed by atoms with Gasteiger partial charge in [0.15, 0.2) is 6.61 Å². The first kappa shape index (κ1) is 22.4. The van der Waals surface area contributed by atoms with E-state index in [0.717, 1.165) is 27.9 Å². The maximum Gasteiger partial charge on any atom is 0.262 e. The molecular weight excluding hydrogens is 412 g/mol. The lowest BCUT2D eigenvalue weighted by atomic mass is 10.1. The average molecular weight is 439 g/mol. The largest absolute Gasteiger partial charge is 0.484 e. The molecule has 2 N–H and O–H groups in total. The molecule has 0 heterocycles. The number of nitrogens with one attached hydrogen (secondary N) is 2. The predicted octanol–water partition coefficient (Wildman–Crippen LogP) is 4.74. The lowest BCUT2D eigenvalue weighted by Crippen LogP contribution is -2.20. The summed E-state index contributed by atoms with van der Waals surface area (Å²) in [6, 6.07) is 17.2. The van der Waals surface area contributed by atoms with Crippen LogP contribution in [0.25, 0.3) is 0 Å². The maximum atomic E-state index is 12.6. The van der Waals surface area contributed by atoms with E-state index in [1.165, 1.54) is 24.3 Å². The maximum absolute atomic E-state index is 12.6. The van der Waals surface area contributed by atoms with Gasteiger partial charge in [0.2, 0.25) is 0 Å². The molecule has 0 fully saturated rings. The van der Waals surface area contributed by atoms with Crippen molar-refractivity contribution in [2.75, 3.05) is 16.6 Å². The summed E-state index contributed by atoms with van der Waals surface area (Å²) >= 11 is 0. The second-order valence-corrected chi connectivity index (χ2v) is 9.22. The topological polar surface area (TPSA) is 84.5 Å². The van der Waals surface area contributed by atoms with Gasteiger partial charge in [-0.2, -0.15) is 0 Å². The summed E-state index contributed by atoms with van der Waals surface area (Å²) in [4.78, 5) is 12.3. The summed E-state index contributed by atoms with van der Waals surface area (Å²) in [5.41, 5.74) is 5.29. The zero-order chi connectivity index (χ0) is 22.6. The Morgan fingerprint density at radius 2 is 1.55 bits per heavy atom. The molecule has 3 rings (SSSR count). The molecule has 7 heteroatoms. The summed E-state index contributed by atoms with van der Waals surface area (Å²) in [7, 11) is -3.73. The fourth-order valence-corrected chi connectivity index (χ4v) is 4.22. The van der Waals surface area contributed by atoms with Crippen LogP contribution in [0.15, 0.2) is 65.6 Å². The SMILES string of the molecule is Cc1cc(C)cc(NS(=O)(=O)c2ccc(OCC(=O)Nc3cccc(C)c3C)cc2)c1. The number of sulfonamides is 1. The highest BCUT2D eigenvalue weighted by Crippen LogP contribution is 2.21. The molecular formula is C24H26N2O4S. The lowest BCUT2D eigenvalue weighted by molar-refractivity contribution is -0.118. The van der Waals surface area contributed by atoms with Gasteiger partial charge in [-0.05, 0) is 92.4 Å². The van der Waals surface area contributed by atoms with E-state index in [4.69, 9.17) is 4.74 Å². The van der Waals surface area contributed by atoms with Crippen molar-refractivity contribution in [3.05, 3.63) is 82.9 Å². The molecule has 0 saturated heterocycles. The van der Waals surface area contributed by atoms with Crippen LogP contribution in [-0.4, -0.2) is 20.9 Å². The molecule has 31 heavy (non-hydrogen) atoms. The molecule has 6 nitrogen and oxygen atoms in total. The highest BCUT2D eigenvalue weighted by molar-refractivity contribution is 7.92. The Labute approximate surface area is 183 Å². The van der Waals surface area contributed by atoms with Gasteiger partial charge in [-0.15, -0.1) is 0 Å². The molecule has 3 aromatic carbocycles. The normalized spacial score (nSPS) is 11.1. The Morgan fingerprint density at radius 3 is 2.19 bits per heavy atom. The summed E-state index contributed by atoms with van der Waals surface area (Å²) in [5, 5.41) is 2.82. The Hall–Kier alpha value is -3.32. The molecule has 0 aliphatic carbocycles. The highest BCUT2D eigenvalue weighted by Gasteiger charge is 2.15. The Morgan fingerprint density at radius 1 is 0.903 bits per heavy atom. The number of carbonyl (C=O) groups is 1. The van der Waals surface area contributed by atoms with E-state index in [9.17, 15) is 13.2 Å². The molecule has 0 bridgehead atoms. The van der Waals surface area contributed by atoms with Gasteiger partial charge >= 0.3 is 0 Å². The van der Waals surface area contributed by atoms with Gasteiger partial charge in [-0.1, -0.05) is 18.2 Å². The molecule has 0 unspecified atom stereocenters. The van der Waals surface area contributed by atoms with Gasteiger partial charge in [0.05, 0.1) is 4.90 Å². The summed E-state index contributed by atoms with van der Waals surface area (Å²) in [6.45, 7) is 7.56. The molecule has 3 aromatic rings. The van der Waals surface area contributed by atoms with Gasteiger partial charge in [0, 0.05) is 11.4 Å². The molecule has 1 amide bonds. The second kappa shape index (κ2) is 9.22. The number of aryl methyl sites for hydroxylation is 3. The second-order valence-electron chi connectivity index (χ2n) is 7.54. The summed E-state index contributed by atoms with van der Waals surface area (Å²) < 4.78 is 33.4. The van der Waals surface area contributed by atoms with E-state index in [1.807, 2.05) is 52.0 Å². The minimum atomic E-state index is -3.73. The standard InChI is InChI=1S/C24H26N2O4S/c1-16-12-17(2)14-20(13-16)26-31(28,29)22-10-8-21(9-11-22)30-15-24(27)25-23-7-5-6-18(3)19(23)4/h5-14,26H,15H2,1-4H3,(H,25,27). The minimum Gasteiger partial charge on any atom is -0.484 e. The first-order chi connectivity index (χ1) is 14.6. The lowest BCUT2D eigenvalue weighted by Gasteiger charge is -2.12. The van der Waals surface area contributed by atoms with Crippen molar-refractivity contribution in [2.24, 2.45) is 0 Å². The fraction of sp³-hybridized carbons (Fsp3) is 0.208. The van der Waals surface area contributed by atoms with Gasteiger partial charge < -0.3 is 10.1 Å². The van der Waals surface area contributed by atoms with Crippen LogP contribution in [-0.2, 0) is 14.8 Å². The Kier molecular flexibility index (Phi) is 6.65. The van der Waals surface area contributed by atoms with Crippen LogP contribution in [0.3, 0.4) is 0 Å². The molecule has 0 aromatic heterocycles. The van der Waals surface area contributed by atoms with E-state index in [1.54, 1.807) is 12.1 Å². The van der Waals surface area contributed by atoms with Crippen molar-refractivity contribution < 1.29 is 17.9 Å². The highest BCUT2D eigenvalue weighted by atomic mass is 32.2. The smallest absolute Gasteiger partial charge is 0.262 e. The third-order valence-electron chi connectivity index (χ3n) is 4.86. The van der Waals surface area contributed by atoms with E-state index in [-0.39, 0.29) is 17.4 Å². The van der Waals surface area contributed by atoms with Crippen molar-refractivity contribution >= 4 is 27.3 Å². The van der Waals surface area contributed by atoms with Crippen molar-refractivity contribution in [1.29, 1.82) is 0 Å². The molecule has 0 aliphatic heterocycles. The van der Waals surface area contributed by atoms with Gasteiger partial charge in [0.25, 0.3) is 15.9 Å². The number of benzene rings is 3. The van der Waals surface area contributed by atoms with Crippen molar-refractivity contribution in [1.82, 2.24) is 0 Å². The summed E-state index contributed by atoms with van der Waals surface area (Å²) in [5.74, 6) is 0.114. The first-order valence-electron chi connectivity index (χ1n) is 9.84. The zero-order valence-corrected chi connectivity index (χ0v) is 18.8. The number of hydrogen-bond donors (Lipinski definition) is 2. The van der Waals surface area contributed by atoms with Crippen LogP contribution in [0.1, 0.15) is 22.3 Å². The number of rotatable bonds is 7. The van der Waals surface area contributed by atoms with Gasteiger partial charge in [-0.25, -0.2) is 8.42 Å². The van der Waals surface area contributed by atoms with Crippen LogP contribution in [0.5, 0.6) is 5.75 Å². The Balaban J connectivity index is 1.61. The van der Waals surface area contributed by atoms with Gasteiger partial charge in [0.1, 0.15) is 5.75 Å². The van der Waals surface area contributed by atoms with Crippen molar-refractivity contribution in [2.45, 2.75) is 32.6 Å². The van der Waals surface area contributed by atoms with Crippen LogP contribution in [0.2, 0.25) is 0 Å². The van der Waals surface area contributed by atoms with Crippen molar-refractivity contribution in [3.8, 4) is 5.75 Å². The molecule has 0 saturated carbocycles. The van der Waals surface area contributed by atoms with Gasteiger partial charge in [-0.3, -0.25) is 9.52 Å². The molecule has 0 radical (unpaired) electrons. The Bertz CT molecular complexity index is 1180. The molecule has 0 atom stereocenters. The minimum absolute atomic E-state index is 0.110. The molecule has 0 spiro atoms. The van der Waals surface area contributed by atoms with Crippen LogP contribution < -0.4 is 14.8 Å². The quantitative estimate of drug-likeness (QED) is 0.558. The molecule has 162 valence electrons. The number of hydrogen-bond acceptors (Lipinski definition) is 4. The third-order valence-corrected chi connectivity index (χ3v) is 6.25. The van der Waals surface area contributed by atoms with Crippen LogP contribution >= 0.6 is 0 Å². The van der Waals surface area contributed by atoms with E-state index in [2.05, 4.69) is 10.0 Å². The monoisotopic (exact) mass is 438 g/mol.